The van der Waals surface area contributed by atoms with Crippen LogP contribution in [0.5, 0.6) is 5.75 Å². The Labute approximate surface area is 57.6 Å². The predicted molar refractivity (Wildman–Crippen MR) is 35.2 cm³/mol. The number of methoxy groups -OCH3 is 1. The van der Waals surface area contributed by atoms with E-state index in [1.54, 1.807) is 0 Å². The van der Waals surface area contributed by atoms with E-state index in [0.29, 0.717) is 0 Å². The van der Waals surface area contributed by atoms with E-state index in [1.807, 2.05) is 0 Å². The van der Waals surface area contributed by atoms with Crippen LogP contribution in [0, 0.1) is 5.95 Å². The summed E-state index contributed by atoms with van der Waals surface area (Å²) in [6, 6.07) is 2.90. The first-order valence-electron chi connectivity index (χ1n) is 2.70. The topological polar surface area (TPSA) is 48.1 Å². The van der Waals surface area contributed by atoms with E-state index in [0.717, 1.165) is 0 Å². The van der Waals surface area contributed by atoms with Gasteiger partial charge in [-0.3, -0.25) is 0 Å². The fraction of sp³-hybridized carbons (Fsp3) is 0.167. The quantitative estimate of drug-likeness (QED) is 0.590. The molecule has 4 heteroatoms. The van der Waals surface area contributed by atoms with Crippen LogP contribution in [0.15, 0.2) is 12.1 Å². The maximum Gasteiger partial charge on any atom is 0.257 e. The van der Waals surface area contributed by atoms with Crippen LogP contribution in [-0.4, -0.2) is 12.1 Å². The molecule has 1 heterocycles. The Morgan fingerprint density at radius 3 is 2.80 bits per heavy atom. The Morgan fingerprint density at radius 2 is 2.30 bits per heavy atom. The molecule has 1 rings (SSSR count). The fourth-order valence-electron chi connectivity index (χ4n) is 0.588. The molecule has 0 spiro atoms. The molecule has 0 aliphatic rings. The number of nitrogen functional groups attached to an aromatic ring is 1. The molecule has 0 fully saturated rings. The predicted octanol–water partition coefficient (Wildman–Crippen LogP) is 0.811. The molecule has 0 atom stereocenters. The highest BCUT2D eigenvalue weighted by atomic mass is 19.1. The summed E-state index contributed by atoms with van der Waals surface area (Å²) < 4.78 is 17.1. The van der Waals surface area contributed by atoms with Crippen molar-refractivity contribution in [1.82, 2.24) is 4.98 Å². The first-order valence-corrected chi connectivity index (χ1v) is 2.70. The molecule has 0 radical (unpaired) electrons. The molecule has 0 aromatic carbocycles. The van der Waals surface area contributed by atoms with Crippen LogP contribution in [0.4, 0.5) is 10.2 Å². The van der Waals surface area contributed by atoms with E-state index in [-0.39, 0.29) is 11.6 Å². The van der Waals surface area contributed by atoms with Gasteiger partial charge >= 0.3 is 0 Å². The van der Waals surface area contributed by atoms with Crippen molar-refractivity contribution in [1.29, 1.82) is 0 Å². The molecule has 0 aliphatic carbocycles. The summed E-state index contributed by atoms with van der Waals surface area (Å²) in [5, 5.41) is 0. The highest BCUT2D eigenvalue weighted by Gasteiger charge is 2.01. The molecule has 1 aromatic rings. The molecule has 0 amide bonds. The number of halogens is 1. The zero-order valence-electron chi connectivity index (χ0n) is 5.47. The molecule has 10 heavy (non-hydrogen) atoms. The SMILES string of the molecule is COc1ccc(N)nc1F. The number of aromatic nitrogens is 1. The number of nitrogens with two attached hydrogens (primary N) is 1. The monoisotopic (exact) mass is 142 g/mol. The van der Waals surface area contributed by atoms with Crippen molar-refractivity contribution in [2.45, 2.75) is 0 Å². The van der Waals surface area contributed by atoms with E-state index in [4.69, 9.17) is 5.73 Å². The number of rotatable bonds is 1. The number of hydrogen-bond acceptors (Lipinski definition) is 3. The molecule has 0 saturated heterocycles. The van der Waals surface area contributed by atoms with E-state index >= 15 is 0 Å². The summed E-state index contributed by atoms with van der Waals surface area (Å²) in [7, 11) is 1.37. The van der Waals surface area contributed by atoms with Gasteiger partial charge in [0.1, 0.15) is 5.82 Å². The van der Waals surface area contributed by atoms with Gasteiger partial charge in [0.15, 0.2) is 5.75 Å². The van der Waals surface area contributed by atoms with Crippen LogP contribution in [0.3, 0.4) is 0 Å². The van der Waals surface area contributed by atoms with Crippen LogP contribution in [0.25, 0.3) is 0 Å². The zero-order chi connectivity index (χ0) is 7.56. The minimum Gasteiger partial charge on any atom is -0.492 e. The summed E-state index contributed by atoms with van der Waals surface area (Å²) in [6.45, 7) is 0. The van der Waals surface area contributed by atoms with Crippen molar-refractivity contribution in [3.05, 3.63) is 18.1 Å². The van der Waals surface area contributed by atoms with Gasteiger partial charge in [0, 0.05) is 0 Å². The Morgan fingerprint density at radius 1 is 1.60 bits per heavy atom. The third-order valence-corrected chi connectivity index (χ3v) is 1.06. The van der Waals surface area contributed by atoms with E-state index < -0.39 is 5.95 Å². The molecule has 54 valence electrons. The van der Waals surface area contributed by atoms with Crippen molar-refractivity contribution in [3.63, 3.8) is 0 Å². The lowest BCUT2D eigenvalue weighted by Crippen LogP contribution is -1.95. The van der Waals surface area contributed by atoms with E-state index in [9.17, 15) is 4.39 Å². The first-order chi connectivity index (χ1) is 4.74. The van der Waals surface area contributed by atoms with Crippen molar-refractivity contribution < 1.29 is 9.13 Å². The van der Waals surface area contributed by atoms with Crippen LogP contribution in [-0.2, 0) is 0 Å². The first kappa shape index (κ1) is 6.80. The maximum absolute atomic E-state index is 12.5. The lowest BCUT2D eigenvalue weighted by atomic mass is 10.4. The Hall–Kier alpha value is -1.32. The molecular weight excluding hydrogens is 135 g/mol. The number of pyridine rings is 1. The lowest BCUT2D eigenvalue weighted by Gasteiger charge is -1.99. The highest BCUT2D eigenvalue weighted by Crippen LogP contribution is 2.14. The van der Waals surface area contributed by atoms with Gasteiger partial charge in [0.25, 0.3) is 5.95 Å². The van der Waals surface area contributed by atoms with Crippen molar-refractivity contribution >= 4 is 5.82 Å². The largest absolute Gasteiger partial charge is 0.492 e. The van der Waals surface area contributed by atoms with Gasteiger partial charge in [-0.1, -0.05) is 0 Å². The van der Waals surface area contributed by atoms with Gasteiger partial charge in [-0.25, -0.2) is 0 Å². The van der Waals surface area contributed by atoms with Gasteiger partial charge in [-0.05, 0) is 12.1 Å². The average Bonchev–Trinajstić information content (AvgIpc) is 1.88. The third kappa shape index (κ3) is 1.15. The van der Waals surface area contributed by atoms with E-state index in [1.165, 1.54) is 19.2 Å². The smallest absolute Gasteiger partial charge is 0.257 e. The highest BCUT2D eigenvalue weighted by molar-refractivity contribution is 5.33. The number of nitrogens with zero attached hydrogens (tertiary/aromatic N) is 1. The number of anilines is 1. The van der Waals surface area contributed by atoms with Gasteiger partial charge in [-0.15, -0.1) is 0 Å². The van der Waals surface area contributed by atoms with Crippen LogP contribution in [0.2, 0.25) is 0 Å². The van der Waals surface area contributed by atoms with Crippen molar-refractivity contribution in [3.8, 4) is 5.75 Å². The summed E-state index contributed by atoms with van der Waals surface area (Å²) in [4.78, 5) is 3.33. The molecular formula is C6H7FN2O. The average molecular weight is 142 g/mol. The zero-order valence-corrected chi connectivity index (χ0v) is 5.47. The summed E-state index contributed by atoms with van der Waals surface area (Å²) in [6.07, 6.45) is 0. The van der Waals surface area contributed by atoms with Gasteiger partial charge in [0.2, 0.25) is 0 Å². The third-order valence-electron chi connectivity index (χ3n) is 1.06. The Bertz CT molecular complexity index is 239. The molecule has 0 aliphatic heterocycles. The Balaban J connectivity index is 3.07. The second kappa shape index (κ2) is 2.51. The van der Waals surface area contributed by atoms with Gasteiger partial charge < -0.3 is 10.5 Å². The van der Waals surface area contributed by atoms with Crippen LogP contribution < -0.4 is 10.5 Å². The molecule has 3 nitrogen and oxygen atoms in total. The molecule has 2 N–H and O–H groups in total. The minimum absolute atomic E-state index is 0.106. The maximum atomic E-state index is 12.5. The van der Waals surface area contributed by atoms with Crippen molar-refractivity contribution in [2.24, 2.45) is 0 Å². The summed E-state index contributed by atoms with van der Waals surface area (Å²) >= 11 is 0. The number of hydrogen-bond donors (Lipinski definition) is 1. The molecule has 1 aromatic heterocycles. The minimum atomic E-state index is -0.678. The second-order valence-corrected chi connectivity index (χ2v) is 1.73. The molecule has 0 saturated carbocycles. The normalized spacial score (nSPS) is 9.40. The van der Waals surface area contributed by atoms with Crippen LogP contribution >= 0.6 is 0 Å². The second-order valence-electron chi connectivity index (χ2n) is 1.73. The fourth-order valence-corrected chi connectivity index (χ4v) is 0.588. The molecule has 0 bridgehead atoms. The number of ether oxygens (including phenoxy) is 1. The summed E-state index contributed by atoms with van der Waals surface area (Å²) in [5.74, 6) is -0.421. The van der Waals surface area contributed by atoms with Gasteiger partial charge in [0.05, 0.1) is 7.11 Å². The lowest BCUT2D eigenvalue weighted by molar-refractivity contribution is 0.378. The summed E-state index contributed by atoms with van der Waals surface area (Å²) in [5.41, 5.74) is 5.18. The van der Waals surface area contributed by atoms with E-state index in [2.05, 4.69) is 9.72 Å². The van der Waals surface area contributed by atoms with Crippen LogP contribution in [0.1, 0.15) is 0 Å². The molecule has 0 unspecified atom stereocenters. The van der Waals surface area contributed by atoms with Gasteiger partial charge in [-0.2, -0.15) is 9.37 Å². The van der Waals surface area contributed by atoms with Crippen molar-refractivity contribution in [2.75, 3.05) is 12.8 Å². The standard InChI is InChI=1S/C6H7FN2O/c1-10-4-2-3-5(8)9-6(4)7/h2-3H,1H3,(H2,8,9). The Kier molecular flexibility index (Phi) is 1.71.